The minimum Gasteiger partial charge on any atom is -0.352 e. The second-order valence-electron chi connectivity index (χ2n) is 6.33. The minimum atomic E-state index is -0.578. The molecule has 0 unspecified atom stereocenters. The second kappa shape index (κ2) is 7.73. The third-order valence-electron chi connectivity index (χ3n) is 4.25. The molecule has 1 fully saturated rings. The fraction of sp³-hybridized carbons (Fsp3) is 0.316. The maximum absolute atomic E-state index is 13.2. The Balaban J connectivity index is 1.81. The summed E-state index contributed by atoms with van der Waals surface area (Å²) in [6.07, 6.45) is 2.01. The standard InChI is InChI=1S/C19H19Cl2FN2O/c1-11(13-4-9-16(20)17(21)10-13)23-18(19(25)24-15-7-8-15)12-2-5-14(22)6-3-12/h2-6,9-11,15,18,23H,7-8H2,1H3,(H,24,25)/t11-,18+/m1/s1. The smallest absolute Gasteiger partial charge is 0.241 e. The van der Waals surface area contributed by atoms with E-state index >= 15 is 0 Å². The first kappa shape index (κ1) is 18.2. The van der Waals surface area contributed by atoms with E-state index in [9.17, 15) is 9.18 Å². The van der Waals surface area contributed by atoms with Crippen LogP contribution in [0.1, 0.15) is 43.0 Å². The van der Waals surface area contributed by atoms with E-state index in [1.807, 2.05) is 13.0 Å². The monoisotopic (exact) mass is 380 g/mol. The van der Waals surface area contributed by atoms with Gasteiger partial charge < -0.3 is 5.32 Å². The van der Waals surface area contributed by atoms with Gasteiger partial charge in [-0.25, -0.2) is 4.39 Å². The van der Waals surface area contributed by atoms with Crippen LogP contribution < -0.4 is 10.6 Å². The minimum absolute atomic E-state index is 0.110. The molecule has 0 radical (unpaired) electrons. The molecule has 1 aliphatic rings. The summed E-state index contributed by atoms with van der Waals surface area (Å²) < 4.78 is 13.2. The first-order valence-corrected chi connectivity index (χ1v) is 8.96. The summed E-state index contributed by atoms with van der Waals surface area (Å²) in [6.45, 7) is 1.94. The molecule has 2 aromatic rings. The van der Waals surface area contributed by atoms with Crippen LogP contribution in [-0.4, -0.2) is 11.9 Å². The van der Waals surface area contributed by atoms with E-state index in [2.05, 4.69) is 10.6 Å². The Kier molecular flexibility index (Phi) is 5.62. The van der Waals surface area contributed by atoms with Crippen LogP contribution in [0.4, 0.5) is 4.39 Å². The van der Waals surface area contributed by atoms with Crippen molar-refractivity contribution in [3.8, 4) is 0 Å². The SMILES string of the molecule is C[C@@H](N[C@H](C(=O)NC1CC1)c1ccc(F)cc1)c1ccc(Cl)c(Cl)c1. The lowest BCUT2D eigenvalue weighted by atomic mass is 10.0. The van der Waals surface area contributed by atoms with Crippen LogP contribution in [0.25, 0.3) is 0 Å². The number of benzene rings is 2. The topological polar surface area (TPSA) is 41.1 Å². The fourth-order valence-electron chi connectivity index (χ4n) is 2.62. The lowest BCUT2D eigenvalue weighted by molar-refractivity contribution is -0.123. The summed E-state index contributed by atoms with van der Waals surface area (Å²) in [7, 11) is 0. The number of amides is 1. The molecule has 1 saturated carbocycles. The van der Waals surface area contributed by atoms with Crippen molar-refractivity contribution >= 4 is 29.1 Å². The number of rotatable bonds is 6. The molecule has 132 valence electrons. The third kappa shape index (κ3) is 4.72. The highest BCUT2D eigenvalue weighted by Crippen LogP contribution is 2.28. The highest BCUT2D eigenvalue weighted by Gasteiger charge is 2.29. The van der Waals surface area contributed by atoms with Crippen LogP contribution >= 0.6 is 23.2 Å². The van der Waals surface area contributed by atoms with Gasteiger partial charge in [0.25, 0.3) is 0 Å². The molecule has 25 heavy (non-hydrogen) atoms. The number of halogens is 3. The fourth-order valence-corrected chi connectivity index (χ4v) is 2.93. The van der Waals surface area contributed by atoms with E-state index in [4.69, 9.17) is 23.2 Å². The van der Waals surface area contributed by atoms with Gasteiger partial charge in [0.2, 0.25) is 5.91 Å². The van der Waals surface area contributed by atoms with Gasteiger partial charge in [0.05, 0.1) is 10.0 Å². The Morgan fingerprint density at radius 2 is 1.72 bits per heavy atom. The highest BCUT2D eigenvalue weighted by molar-refractivity contribution is 6.42. The van der Waals surface area contributed by atoms with E-state index in [0.29, 0.717) is 15.6 Å². The first-order chi connectivity index (χ1) is 11.9. The molecule has 6 heteroatoms. The zero-order valence-corrected chi connectivity index (χ0v) is 15.2. The maximum Gasteiger partial charge on any atom is 0.241 e. The van der Waals surface area contributed by atoms with Gasteiger partial charge in [-0.1, -0.05) is 41.4 Å². The van der Waals surface area contributed by atoms with Gasteiger partial charge in [-0.2, -0.15) is 0 Å². The molecule has 0 aromatic heterocycles. The van der Waals surface area contributed by atoms with Gasteiger partial charge in [0, 0.05) is 12.1 Å². The molecule has 0 spiro atoms. The molecule has 2 N–H and O–H groups in total. The van der Waals surface area contributed by atoms with Crippen molar-refractivity contribution in [3.05, 3.63) is 69.5 Å². The number of carbonyl (C=O) groups excluding carboxylic acids is 1. The van der Waals surface area contributed by atoms with E-state index in [1.165, 1.54) is 12.1 Å². The Morgan fingerprint density at radius 1 is 1.08 bits per heavy atom. The van der Waals surface area contributed by atoms with E-state index in [1.54, 1.807) is 24.3 Å². The molecule has 1 amide bonds. The van der Waals surface area contributed by atoms with Gasteiger partial charge >= 0.3 is 0 Å². The number of nitrogens with one attached hydrogen (secondary N) is 2. The number of hydrogen-bond acceptors (Lipinski definition) is 2. The van der Waals surface area contributed by atoms with E-state index in [0.717, 1.165) is 18.4 Å². The highest BCUT2D eigenvalue weighted by atomic mass is 35.5. The molecule has 3 rings (SSSR count). The molecule has 0 aliphatic heterocycles. The zero-order valence-electron chi connectivity index (χ0n) is 13.7. The quantitative estimate of drug-likeness (QED) is 0.755. The van der Waals surface area contributed by atoms with Crippen molar-refractivity contribution in [1.82, 2.24) is 10.6 Å². The van der Waals surface area contributed by atoms with Crippen LogP contribution in [0.5, 0.6) is 0 Å². The van der Waals surface area contributed by atoms with Crippen molar-refractivity contribution in [2.24, 2.45) is 0 Å². The summed E-state index contributed by atoms with van der Waals surface area (Å²) in [5.74, 6) is -0.441. The van der Waals surface area contributed by atoms with Crippen molar-refractivity contribution in [1.29, 1.82) is 0 Å². The predicted octanol–water partition coefficient (Wildman–Crippen LogP) is 4.80. The van der Waals surface area contributed by atoms with Gasteiger partial charge in [0.15, 0.2) is 0 Å². The number of hydrogen-bond donors (Lipinski definition) is 2. The summed E-state index contributed by atoms with van der Waals surface area (Å²) in [5.41, 5.74) is 1.63. The molecular weight excluding hydrogens is 362 g/mol. The Morgan fingerprint density at radius 3 is 2.32 bits per heavy atom. The second-order valence-corrected chi connectivity index (χ2v) is 7.14. The average molecular weight is 381 g/mol. The van der Waals surface area contributed by atoms with Crippen LogP contribution in [0.2, 0.25) is 10.0 Å². The van der Waals surface area contributed by atoms with Crippen LogP contribution in [0, 0.1) is 5.82 Å². The van der Waals surface area contributed by atoms with Gasteiger partial charge in [-0.3, -0.25) is 10.1 Å². The summed E-state index contributed by atoms with van der Waals surface area (Å²) >= 11 is 12.1. The van der Waals surface area contributed by atoms with Crippen molar-refractivity contribution in [3.63, 3.8) is 0 Å². The molecule has 0 heterocycles. The third-order valence-corrected chi connectivity index (χ3v) is 4.99. The van der Waals surface area contributed by atoms with E-state index < -0.39 is 6.04 Å². The van der Waals surface area contributed by atoms with Gasteiger partial charge in [-0.05, 0) is 55.2 Å². The largest absolute Gasteiger partial charge is 0.352 e. The Hall–Kier alpha value is -1.62. The summed E-state index contributed by atoms with van der Waals surface area (Å²) in [5, 5.41) is 7.27. The molecule has 2 atom stereocenters. The molecule has 0 saturated heterocycles. The average Bonchev–Trinajstić information content (AvgIpc) is 3.39. The Bertz CT molecular complexity index is 763. The predicted molar refractivity (Wildman–Crippen MR) is 98.3 cm³/mol. The van der Waals surface area contributed by atoms with Crippen LogP contribution in [0.3, 0.4) is 0 Å². The van der Waals surface area contributed by atoms with Crippen molar-refractivity contribution in [2.45, 2.75) is 37.9 Å². The van der Waals surface area contributed by atoms with Gasteiger partial charge in [-0.15, -0.1) is 0 Å². The first-order valence-electron chi connectivity index (χ1n) is 8.21. The van der Waals surface area contributed by atoms with Crippen LogP contribution in [-0.2, 0) is 4.79 Å². The molecular formula is C19H19Cl2FN2O. The summed E-state index contributed by atoms with van der Waals surface area (Å²) in [4.78, 5) is 12.7. The molecule has 3 nitrogen and oxygen atoms in total. The van der Waals surface area contributed by atoms with E-state index in [-0.39, 0.29) is 23.8 Å². The zero-order chi connectivity index (χ0) is 18.0. The van der Waals surface area contributed by atoms with Crippen molar-refractivity contribution < 1.29 is 9.18 Å². The Labute approximate surface area is 156 Å². The molecule has 2 aromatic carbocycles. The van der Waals surface area contributed by atoms with Gasteiger partial charge in [0.1, 0.15) is 11.9 Å². The molecule has 1 aliphatic carbocycles. The molecule has 0 bridgehead atoms. The van der Waals surface area contributed by atoms with Crippen molar-refractivity contribution in [2.75, 3.05) is 0 Å². The maximum atomic E-state index is 13.2. The lowest BCUT2D eigenvalue weighted by Gasteiger charge is -2.24. The number of carbonyl (C=O) groups is 1. The summed E-state index contributed by atoms with van der Waals surface area (Å²) in [6, 6.07) is 10.9. The van der Waals surface area contributed by atoms with Crippen LogP contribution in [0.15, 0.2) is 42.5 Å². The lowest BCUT2D eigenvalue weighted by Crippen LogP contribution is -2.39. The normalized spacial score (nSPS) is 16.3.